The summed E-state index contributed by atoms with van der Waals surface area (Å²) in [5, 5.41) is 0.794. The molecule has 1 atom stereocenters. The number of nitrogens with one attached hydrogen (secondary N) is 1. The lowest BCUT2D eigenvalue weighted by molar-refractivity contribution is 0.534. The predicted octanol–water partition coefficient (Wildman–Crippen LogP) is 3.35. The normalized spacial score (nSPS) is 13.9. The molecule has 0 aromatic carbocycles. The zero-order valence-corrected chi connectivity index (χ0v) is 13.5. The minimum atomic E-state index is -3.36. The number of hydrogen-bond donors (Lipinski definition) is 1. The monoisotopic (exact) mass is 389 g/mol. The summed E-state index contributed by atoms with van der Waals surface area (Å²) in [5.74, 6) is 0. The van der Waals surface area contributed by atoms with E-state index in [1.165, 1.54) is 11.3 Å². The summed E-state index contributed by atoms with van der Waals surface area (Å²) < 4.78 is 27.8. The lowest BCUT2D eigenvalue weighted by Gasteiger charge is -2.14. The molecule has 92 valence electrons. The highest BCUT2D eigenvalue weighted by atomic mass is 79.9. The molecule has 0 bridgehead atoms. The van der Waals surface area contributed by atoms with Gasteiger partial charge in [-0.3, -0.25) is 0 Å². The molecule has 16 heavy (non-hydrogen) atoms. The van der Waals surface area contributed by atoms with Crippen LogP contribution in [0, 0.1) is 0 Å². The van der Waals surface area contributed by atoms with Gasteiger partial charge in [0, 0.05) is 11.4 Å². The third-order valence-corrected chi connectivity index (χ3v) is 6.18. The van der Waals surface area contributed by atoms with Crippen molar-refractivity contribution in [2.45, 2.75) is 30.0 Å². The van der Waals surface area contributed by atoms with Crippen LogP contribution in [0.1, 0.15) is 19.8 Å². The van der Waals surface area contributed by atoms with Gasteiger partial charge in [0.15, 0.2) is 0 Å². The molecule has 1 N–H and O–H groups in total. The SMILES string of the molecule is CCC(CCBr)NS(=O)(=O)c1ccc(Br)s1. The fourth-order valence-electron chi connectivity index (χ4n) is 1.20. The number of sulfonamides is 1. The first kappa shape index (κ1) is 14.6. The van der Waals surface area contributed by atoms with Crippen LogP contribution in [0.25, 0.3) is 0 Å². The van der Waals surface area contributed by atoms with Gasteiger partial charge in [0.05, 0.1) is 3.79 Å². The summed E-state index contributed by atoms with van der Waals surface area (Å²) in [7, 11) is -3.36. The van der Waals surface area contributed by atoms with E-state index in [2.05, 4.69) is 36.6 Å². The molecule has 0 radical (unpaired) electrons. The average Bonchev–Trinajstić information content (AvgIpc) is 2.64. The molecular formula is C9H13Br2NO2S2. The number of hydrogen-bond acceptors (Lipinski definition) is 3. The highest BCUT2D eigenvalue weighted by Crippen LogP contribution is 2.26. The van der Waals surface area contributed by atoms with Crippen molar-refractivity contribution >= 4 is 53.2 Å². The minimum absolute atomic E-state index is 0.00903. The van der Waals surface area contributed by atoms with E-state index in [9.17, 15) is 8.42 Å². The Morgan fingerprint density at radius 3 is 2.62 bits per heavy atom. The fraction of sp³-hybridized carbons (Fsp3) is 0.556. The molecule has 1 rings (SSSR count). The van der Waals surface area contributed by atoms with Crippen molar-refractivity contribution in [2.24, 2.45) is 0 Å². The van der Waals surface area contributed by atoms with Gasteiger partial charge >= 0.3 is 0 Å². The Labute approximate surface area is 117 Å². The maximum absolute atomic E-state index is 12.0. The van der Waals surface area contributed by atoms with Crippen LogP contribution < -0.4 is 4.72 Å². The Balaban J connectivity index is 2.78. The molecule has 1 heterocycles. The molecule has 3 nitrogen and oxygen atoms in total. The Kier molecular flexibility index (Phi) is 5.93. The minimum Gasteiger partial charge on any atom is -0.207 e. The summed E-state index contributed by atoms with van der Waals surface area (Å²) >= 11 is 7.80. The largest absolute Gasteiger partial charge is 0.250 e. The van der Waals surface area contributed by atoms with E-state index < -0.39 is 10.0 Å². The van der Waals surface area contributed by atoms with E-state index in [1.807, 2.05) is 6.92 Å². The summed E-state index contributed by atoms with van der Waals surface area (Å²) in [4.78, 5) is 0. The highest BCUT2D eigenvalue weighted by Gasteiger charge is 2.20. The smallest absolute Gasteiger partial charge is 0.207 e. The van der Waals surface area contributed by atoms with Crippen LogP contribution in [0.15, 0.2) is 20.1 Å². The molecule has 0 saturated carbocycles. The lowest BCUT2D eigenvalue weighted by Crippen LogP contribution is -2.34. The third-order valence-electron chi connectivity index (χ3n) is 2.09. The van der Waals surface area contributed by atoms with E-state index >= 15 is 0 Å². The van der Waals surface area contributed by atoms with Crippen LogP contribution in [0.5, 0.6) is 0 Å². The van der Waals surface area contributed by atoms with Gasteiger partial charge in [-0.25, -0.2) is 13.1 Å². The van der Waals surface area contributed by atoms with Gasteiger partial charge in [-0.05, 0) is 40.9 Å². The molecular weight excluding hydrogens is 378 g/mol. The zero-order chi connectivity index (χ0) is 12.2. The standard InChI is InChI=1S/C9H13Br2NO2S2/c1-2-7(5-6-10)12-16(13,14)9-4-3-8(11)15-9/h3-4,7,12H,2,5-6H2,1H3. The van der Waals surface area contributed by atoms with Gasteiger partial charge in [-0.2, -0.15) is 0 Å². The molecule has 0 spiro atoms. The van der Waals surface area contributed by atoms with Gasteiger partial charge in [-0.15, -0.1) is 11.3 Å². The number of alkyl halides is 1. The van der Waals surface area contributed by atoms with E-state index in [-0.39, 0.29) is 6.04 Å². The van der Waals surface area contributed by atoms with Crippen molar-refractivity contribution in [1.82, 2.24) is 4.72 Å². The van der Waals surface area contributed by atoms with E-state index in [1.54, 1.807) is 12.1 Å². The van der Waals surface area contributed by atoms with Crippen molar-refractivity contribution in [3.05, 3.63) is 15.9 Å². The molecule has 0 fully saturated rings. The third kappa shape index (κ3) is 4.10. The summed E-state index contributed by atoms with van der Waals surface area (Å²) in [6.07, 6.45) is 1.58. The quantitative estimate of drug-likeness (QED) is 0.757. The Morgan fingerprint density at radius 2 is 2.19 bits per heavy atom. The summed E-state index contributed by atoms with van der Waals surface area (Å²) in [5.41, 5.74) is 0. The molecule has 0 saturated heterocycles. The Bertz CT molecular complexity index is 430. The lowest BCUT2D eigenvalue weighted by atomic mass is 10.2. The average molecular weight is 391 g/mol. The molecule has 0 aliphatic carbocycles. The number of halogens is 2. The van der Waals surface area contributed by atoms with Gasteiger partial charge in [-0.1, -0.05) is 22.9 Å². The van der Waals surface area contributed by atoms with E-state index in [0.717, 1.165) is 22.0 Å². The van der Waals surface area contributed by atoms with Crippen molar-refractivity contribution in [3.8, 4) is 0 Å². The Hall–Kier alpha value is 0.570. The molecule has 0 aliphatic rings. The molecule has 0 amide bonds. The predicted molar refractivity (Wildman–Crippen MR) is 74.8 cm³/mol. The van der Waals surface area contributed by atoms with Crippen LogP contribution in [0.2, 0.25) is 0 Å². The second-order valence-electron chi connectivity index (χ2n) is 3.26. The summed E-state index contributed by atoms with van der Waals surface area (Å²) in [6, 6.07) is 3.34. The van der Waals surface area contributed by atoms with Gasteiger partial charge < -0.3 is 0 Å². The fourth-order valence-corrected chi connectivity index (χ4v) is 5.13. The van der Waals surface area contributed by atoms with Crippen LogP contribution >= 0.6 is 43.2 Å². The second-order valence-corrected chi connectivity index (χ2v) is 8.46. The molecule has 1 aromatic rings. The van der Waals surface area contributed by atoms with Crippen molar-refractivity contribution in [3.63, 3.8) is 0 Å². The molecule has 1 unspecified atom stereocenters. The van der Waals surface area contributed by atoms with Crippen LogP contribution in [0.3, 0.4) is 0 Å². The zero-order valence-electron chi connectivity index (χ0n) is 8.74. The van der Waals surface area contributed by atoms with Crippen molar-refractivity contribution in [1.29, 1.82) is 0 Å². The van der Waals surface area contributed by atoms with Gasteiger partial charge in [0.25, 0.3) is 0 Å². The van der Waals surface area contributed by atoms with Crippen molar-refractivity contribution < 1.29 is 8.42 Å². The first-order chi connectivity index (χ1) is 7.49. The second kappa shape index (κ2) is 6.49. The van der Waals surface area contributed by atoms with E-state index in [4.69, 9.17) is 0 Å². The molecule has 1 aromatic heterocycles. The van der Waals surface area contributed by atoms with Crippen LogP contribution in [0.4, 0.5) is 0 Å². The maximum atomic E-state index is 12.0. The van der Waals surface area contributed by atoms with Crippen molar-refractivity contribution in [2.75, 3.05) is 5.33 Å². The van der Waals surface area contributed by atoms with Gasteiger partial charge in [0.2, 0.25) is 10.0 Å². The van der Waals surface area contributed by atoms with E-state index in [0.29, 0.717) is 4.21 Å². The number of rotatable bonds is 6. The number of thiophene rings is 1. The first-order valence-corrected chi connectivity index (χ1v) is 9.04. The first-order valence-electron chi connectivity index (χ1n) is 4.83. The van der Waals surface area contributed by atoms with Crippen LogP contribution in [-0.4, -0.2) is 19.8 Å². The summed E-state index contributed by atoms with van der Waals surface area (Å²) in [6.45, 7) is 1.97. The maximum Gasteiger partial charge on any atom is 0.250 e. The topological polar surface area (TPSA) is 46.2 Å². The highest BCUT2D eigenvalue weighted by molar-refractivity contribution is 9.11. The van der Waals surface area contributed by atoms with Gasteiger partial charge in [0.1, 0.15) is 4.21 Å². The van der Waals surface area contributed by atoms with Crippen LogP contribution in [-0.2, 0) is 10.0 Å². The Morgan fingerprint density at radius 1 is 1.50 bits per heavy atom. The molecule has 7 heteroatoms. The molecule has 0 aliphatic heterocycles.